The zero-order valence-corrected chi connectivity index (χ0v) is 31.9. The van der Waals surface area contributed by atoms with Gasteiger partial charge in [0.25, 0.3) is 5.91 Å². The number of nitrogens with zero attached hydrogens (tertiary/aromatic N) is 3. The molecule has 52 heavy (non-hydrogen) atoms. The van der Waals surface area contributed by atoms with Crippen LogP contribution >= 0.6 is 0 Å². The van der Waals surface area contributed by atoms with Crippen LogP contribution in [0.3, 0.4) is 0 Å². The van der Waals surface area contributed by atoms with Crippen molar-refractivity contribution in [3.8, 4) is 0 Å². The molecular formula is C37H53N5O9S. The van der Waals surface area contributed by atoms with E-state index in [9.17, 15) is 32.4 Å². The van der Waals surface area contributed by atoms with Gasteiger partial charge in [-0.15, -0.1) is 0 Å². The summed E-state index contributed by atoms with van der Waals surface area (Å²) in [4.78, 5) is 71.7. The van der Waals surface area contributed by atoms with Crippen molar-refractivity contribution in [3.63, 3.8) is 0 Å². The van der Waals surface area contributed by atoms with E-state index >= 15 is 0 Å². The van der Waals surface area contributed by atoms with Gasteiger partial charge in [0, 0.05) is 44.4 Å². The van der Waals surface area contributed by atoms with Crippen LogP contribution in [0.25, 0.3) is 0 Å². The lowest BCUT2D eigenvalue weighted by molar-refractivity contribution is -0.159. The number of hydrogen-bond donors (Lipinski definition) is 2. The molecule has 4 aliphatic rings. The molecule has 3 aliphatic heterocycles. The molecule has 5 rings (SSSR count). The summed E-state index contributed by atoms with van der Waals surface area (Å²) in [5.74, 6) is -3.80. The quantitative estimate of drug-likeness (QED) is 0.313. The molecule has 0 unspecified atom stereocenters. The van der Waals surface area contributed by atoms with Crippen LogP contribution in [-0.2, 0) is 52.0 Å². The fraction of sp³-hybridized carbons (Fsp3) is 0.649. The van der Waals surface area contributed by atoms with Gasteiger partial charge in [-0.25, -0.2) is 9.52 Å². The van der Waals surface area contributed by atoms with Crippen molar-refractivity contribution in [2.45, 2.75) is 128 Å². The third kappa shape index (κ3) is 9.14. The van der Waals surface area contributed by atoms with Gasteiger partial charge in [-0.05, 0) is 71.4 Å². The van der Waals surface area contributed by atoms with Crippen molar-refractivity contribution >= 4 is 40.0 Å². The lowest BCUT2D eigenvalue weighted by Crippen LogP contribution is -2.58. The van der Waals surface area contributed by atoms with Crippen LogP contribution in [0.1, 0.15) is 97.1 Å². The minimum Gasteiger partial charge on any atom is -0.460 e. The first-order chi connectivity index (χ1) is 24.4. The zero-order chi connectivity index (χ0) is 38.0. The van der Waals surface area contributed by atoms with Crippen LogP contribution in [0, 0.1) is 11.8 Å². The molecule has 5 atom stereocenters. The van der Waals surface area contributed by atoms with Crippen molar-refractivity contribution in [1.29, 1.82) is 0 Å². The summed E-state index contributed by atoms with van der Waals surface area (Å²) in [6, 6.07) is 6.11. The van der Waals surface area contributed by atoms with Gasteiger partial charge < -0.3 is 19.7 Å². The standard InChI is InChI=1S/C37H53N5O9S/c1-24(2)40(6)52(48,49)39-34(46)37-20-28(37)17-11-9-7-8-10-14-25(18-31(43)51-36(3,4)5)33(45)42-23-29(19-30(42)32(44)38-37)50-35(47)41-21-26-15-12-13-16-27(26)22-41/h11-13,15-17,24-25,28-30H,7-10,14,18-23H2,1-6H3,(H,38,44)(H,39,46)/b17-11-/t25-,28-,29-,30+,37-/m1/s1. The van der Waals surface area contributed by atoms with Crippen LogP contribution < -0.4 is 10.0 Å². The second-order valence-corrected chi connectivity index (χ2v) is 17.5. The first-order valence-electron chi connectivity index (χ1n) is 18.2. The Morgan fingerprint density at radius 2 is 1.75 bits per heavy atom. The van der Waals surface area contributed by atoms with Crippen LogP contribution in [0.2, 0.25) is 0 Å². The van der Waals surface area contributed by atoms with Gasteiger partial charge in [0.15, 0.2) is 0 Å². The van der Waals surface area contributed by atoms with E-state index < -0.39 is 81.2 Å². The molecule has 15 heteroatoms. The van der Waals surface area contributed by atoms with E-state index in [1.807, 2.05) is 36.4 Å². The largest absolute Gasteiger partial charge is 0.460 e. The molecule has 0 aromatic heterocycles. The Balaban J connectivity index is 1.41. The Kier molecular flexibility index (Phi) is 11.7. The highest BCUT2D eigenvalue weighted by Gasteiger charge is 2.62. The maximum Gasteiger partial charge on any atom is 0.410 e. The van der Waals surface area contributed by atoms with Gasteiger partial charge in [0.2, 0.25) is 11.8 Å². The van der Waals surface area contributed by atoms with Crippen molar-refractivity contribution in [1.82, 2.24) is 24.1 Å². The van der Waals surface area contributed by atoms with E-state index in [-0.39, 0.29) is 25.8 Å². The van der Waals surface area contributed by atoms with E-state index in [0.717, 1.165) is 28.3 Å². The highest BCUT2D eigenvalue weighted by atomic mass is 32.2. The number of rotatable bonds is 7. The van der Waals surface area contributed by atoms with Gasteiger partial charge in [-0.1, -0.05) is 49.3 Å². The molecule has 0 spiro atoms. The molecule has 1 saturated heterocycles. The molecule has 3 heterocycles. The van der Waals surface area contributed by atoms with E-state index in [1.165, 1.54) is 11.9 Å². The number of benzene rings is 1. The lowest BCUT2D eigenvalue weighted by atomic mass is 9.95. The van der Waals surface area contributed by atoms with E-state index in [4.69, 9.17) is 9.47 Å². The molecule has 0 radical (unpaired) electrons. The van der Waals surface area contributed by atoms with Crippen molar-refractivity contribution < 1.29 is 41.9 Å². The smallest absolute Gasteiger partial charge is 0.410 e. The molecule has 4 amide bonds. The van der Waals surface area contributed by atoms with Crippen molar-refractivity contribution in [2.24, 2.45) is 11.8 Å². The van der Waals surface area contributed by atoms with Gasteiger partial charge >= 0.3 is 22.3 Å². The highest BCUT2D eigenvalue weighted by molar-refractivity contribution is 7.87. The normalized spacial score (nSPS) is 27.5. The lowest BCUT2D eigenvalue weighted by Gasteiger charge is -2.30. The Hall–Kier alpha value is -3.98. The molecule has 2 N–H and O–H groups in total. The number of hydrogen-bond acceptors (Lipinski definition) is 9. The summed E-state index contributed by atoms with van der Waals surface area (Å²) in [5.41, 5.74) is -0.309. The number of amides is 4. The summed E-state index contributed by atoms with van der Waals surface area (Å²) >= 11 is 0. The number of ether oxygens (including phenoxy) is 2. The summed E-state index contributed by atoms with van der Waals surface area (Å²) in [5, 5.41) is 2.83. The molecule has 0 bridgehead atoms. The summed E-state index contributed by atoms with van der Waals surface area (Å²) < 4.78 is 40.8. The zero-order valence-electron chi connectivity index (χ0n) is 31.1. The second kappa shape index (κ2) is 15.6. The predicted octanol–water partition coefficient (Wildman–Crippen LogP) is 3.55. The number of allylic oxidation sites excluding steroid dienone is 1. The summed E-state index contributed by atoms with van der Waals surface area (Å²) in [6.07, 6.45) is 5.56. The molecule has 1 aromatic rings. The fourth-order valence-electron chi connectivity index (χ4n) is 7.12. The summed E-state index contributed by atoms with van der Waals surface area (Å²) in [6.45, 7) is 9.23. The first kappa shape index (κ1) is 39.2. The third-order valence-corrected chi connectivity index (χ3v) is 11.9. The Morgan fingerprint density at radius 3 is 2.38 bits per heavy atom. The van der Waals surface area contributed by atoms with Crippen LogP contribution in [0.4, 0.5) is 4.79 Å². The molecule has 286 valence electrons. The number of fused-ring (bicyclic) bond motifs is 3. The maximum atomic E-state index is 14.4. The van der Waals surface area contributed by atoms with E-state index in [2.05, 4.69) is 10.0 Å². The third-order valence-electron chi connectivity index (χ3n) is 10.3. The predicted molar refractivity (Wildman–Crippen MR) is 191 cm³/mol. The van der Waals surface area contributed by atoms with Crippen LogP contribution in [-0.4, -0.2) is 95.2 Å². The first-order valence-corrected chi connectivity index (χ1v) is 19.7. The highest BCUT2D eigenvalue weighted by Crippen LogP contribution is 2.46. The van der Waals surface area contributed by atoms with E-state index in [0.29, 0.717) is 32.4 Å². The Labute approximate surface area is 306 Å². The molecule has 1 aliphatic carbocycles. The number of carbonyl (C=O) groups excluding carboxylic acids is 5. The maximum absolute atomic E-state index is 14.4. The molecule has 1 saturated carbocycles. The minimum atomic E-state index is -4.22. The number of nitrogens with one attached hydrogen (secondary N) is 2. The monoisotopic (exact) mass is 743 g/mol. The molecule has 14 nitrogen and oxygen atoms in total. The summed E-state index contributed by atoms with van der Waals surface area (Å²) in [7, 11) is -2.87. The van der Waals surface area contributed by atoms with Crippen LogP contribution in [0.5, 0.6) is 0 Å². The SMILES string of the molecule is CC(C)N(C)S(=O)(=O)NC(=O)[C@@]12C[C@H]1/C=C\CCCCC[C@H](CC(=O)OC(C)(C)C)C(=O)N1C[C@H](OC(=O)N3Cc4ccccc4C3)C[C@H]1C(=O)N2. The van der Waals surface area contributed by atoms with Gasteiger partial charge in [-0.2, -0.15) is 12.7 Å². The fourth-order valence-corrected chi connectivity index (χ4v) is 8.23. The van der Waals surface area contributed by atoms with Gasteiger partial charge in [0.05, 0.1) is 13.0 Å². The van der Waals surface area contributed by atoms with Gasteiger partial charge in [-0.3, -0.25) is 24.1 Å². The molecular weight excluding hydrogens is 690 g/mol. The average molecular weight is 744 g/mol. The minimum absolute atomic E-state index is 0.0458. The Morgan fingerprint density at radius 1 is 1.08 bits per heavy atom. The topological polar surface area (TPSA) is 172 Å². The molecule has 2 fully saturated rings. The van der Waals surface area contributed by atoms with E-state index in [1.54, 1.807) is 39.5 Å². The second-order valence-electron chi connectivity index (χ2n) is 15.7. The van der Waals surface area contributed by atoms with Crippen molar-refractivity contribution in [2.75, 3.05) is 13.6 Å². The number of esters is 1. The molecule has 1 aromatic carbocycles. The van der Waals surface area contributed by atoms with Gasteiger partial charge in [0.1, 0.15) is 23.3 Å². The van der Waals surface area contributed by atoms with Crippen LogP contribution in [0.15, 0.2) is 36.4 Å². The van der Waals surface area contributed by atoms with Crippen molar-refractivity contribution in [3.05, 3.63) is 47.5 Å². The Bertz CT molecular complexity index is 1660. The average Bonchev–Trinajstić information content (AvgIpc) is 3.36. The number of carbonyl (C=O) groups is 5.